The van der Waals surface area contributed by atoms with Gasteiger partial charge in [-0.2, -0.15) is 0 Å². The molecule has 5 nitrogen and oxygen atoms in total. The molecule has 1 atom stereocenters. The summed E-state index contributed by atoms with van der Waals surface area (Å²) < 4.78 is 5.61. The van der Waals surface area contributed by atoms with Gasteiger partial charge in [-0.1, -0.05) is 29.3 Å². The fraction of sp³-hybridized carbons (Fsp3) is 0.167. The van der Waals surface area contributed by atoms with E-state index in [9.17, 15) is 9.59 Å². The van der Waals surface area contributed by atoms with Crippen molar-refractivity contribution in [2.45, 2.75) is 26.4 Å². The van der Waals surface area contributed by atoms with Crippen LogP contribution >= 0.6 is 23.2 Å². The molecule has 2 N–H and O–H groups in total. The van der Waals surface area contributed by atoms with Crippen LogP contribution in [0.4, 0.5) is 10.5 Å². The highest BCUT2D eigenvalue weighted by Crippen LogP contribution is 2.46. The number of carboxylic acid groups (broad SMARTS) is 1. The van der Waals surface area contributed by atoms with Crippen LogP contribution in [0.15, 0.2) is 48.5 Å². The minimum absolute atomic E-state index is 0.133. The van der Waals surface area contributed by atoms with Gasteiger partial charge in [0, 0.05) is 21.3 Å². The highest BCUT2D eigenvalue weighted by Gasteiger charge is 2.28. The second-order valence-electron chi connectivity index (χ2n) is 7.48. The quantitative estimate of drug-likeness (QED) is 0.351. The van der Waals surface area contributed by atoms with Gasteiger partial charge in [-0.3, -0.25) is 5.32 Å². The molecule has 1 amide bonds. The molecule has 0 aromatic heterocycles. The number of aryl methyl sites for hydroxylation is 1. The summed E-state index contributed by atoms with van der Waals surface area (Å²) in [6.45, 7) is 3.79. The molecule has 7 heteroatoms. The Labute approximate surface area is 189 Å². The molecular weight excluding hydrogens is 437 g/mol. The smallest absolute Gasteiger partial charge is 0.412 e. The SMILES string of the molecule is Cc1cc(Cl)c(C(C)OC(=O)Nc2ccc(C(=O)O)cc2)c2c1-c1ccc(Cl)cc1C2. The van der Waals surface area contributed by atoms with E-state index in [4.69, 9.17) is 33.0 Å². The van der Waals surface area contributed by atoms with Crippen molar-refractivity contribution >= 4 is 41.0 Å². The molecule has 4 rings (SSSR count). The van der Waals surface area contributed by atoms with E-state index in [1.54, 1.807) is 6.92 Å². The van der Waals surface area contributed by atoms with Crippen LogP contribution in [0, 0.1) is 6.92 Å². The number of aromatic carboxylic acids is 1. The fourth-order valence-electron chi connectivity index (χ4n) is 4.06. The van der Waals surface area contributed by atoms with Gasteiger partial charge in [0.15, 0.2) is 0 Å². The Morgan fingerprint density at radius 2 is 1.81 bits per heavy atom. The predicted octanol–water partition coefficient (Wildman–Crippen LogP) is 6.88. The number of ether oxygens (including phenoxy) is 1. The summed E-state index contributed by atoms with van der Waals surface area (Å²) in [6, 6.07) is 13.5. The first-order chi connectivity index (χ1) is 14.7. The third-order valence-electron chi connectivity index (χ3n) is 5.39. The Morgan fingerprint density at radius 3 is 2.48 bits per heavy atom. The molecule has 0 heterocycles. The van der Waals surface area contributed by atoms with Crippen LogP contribution < -0.4 is 5.32 Å². The molecule has 1 aliphatic rings. The average Bonchev–Trinajstić information content (AvgIpc) is 3.06. The number of carboxylic acids is 1. The molecule has 0 saturated heterocycles. The van der Waals surface area contributed by atoms with E-state index in [0.717, 1.165) is 33.4 Å². The summed E-state index contributed by atoms with van der Waals surface area (Å²) in [5, 5.41) is 12.8. The zero-order valence-corrected chi connectivity index (χ0v) is 18.3. The third kappa shape index (κ3) is 4.11. The van der Waals surface area contributed by atoms with Crippen LogP contribution in [-0.2, 0) is 11.2 Å². The Hall–Kier alpha value is -3.02. The number of nitrogens with one attached hydrogen (secondary N) is 1. The number of rotatable bonds is 4. The topological polar surface area (TPSA) is 75.6 Å². The van der Waals surface area contributed by atoms with Gasteiger partial charge in [0.25, 0.3) is 0 Å². The number of halogens is 2. The Morgan fingerprint density at radius 1 is 1.10 bits per heavy atom. The molecule has 0 aliphatic heterocycles. The van der Waals surface area contributed by atoms with Gasteiger partial charge in [-0.25, -0.2) is 9.59 Å². The first-order valence-corrected chi connectivity index (χ1v) is 10.4. The zero-order valence-electron chi connectivity index (χ0n) is 16.8. The minimum Gasteiger partial charge on any atom is -0.478 e. The maximum absolute atomic E-state index is 12.4. The minimum atomic E-state index is -1.03. The average molecular weight is 456 g/mol. The molecular formula is C24H19Cl2NO4. The number of anilines is 1. The molecule has 0 radical (unpaired) electrons. The van der Waals surface area contributed by atoms with Crippen LogP contribution in [0.2, 0.25) is 10.0 Å². The van der Waals surface area contributed by atoms with Crippen molar-refractivity contribution in [1.82, 2.24) is 0 Å². The van der Waals surface area contributed by atoms with E-state index in [2.05, 4.69) is 5.32 Å². The molecule has 0 bridgehead atoms. The lowest BCUT2D eigenvalue weighted by molar-refractivity contribution is 0.0697. The van der Waals surface area contributed by atoms with Crippen LogP contribution in [0.25, 0.3) is 11.1 Å². The summed E-state index contributed by atoms with van der Waals surface area (Å²) in [6.07, 6.45) is -0.585. The van der Waals surface area contributed by atoms with Crippen molar-refractivity contribution in [1.29, 1.82) is 0 Å². The first-order valence-electron chi connectivity index (χ1n) is 9.66. The number of fused-ring (bicyclic) bond motifs is 3. The number of benzene rings is 3. The van der Waals surface area contributed by atoms with Gasteiger partial charge in [-0.15, -0.1) is 0 Å². The van der Waals surface area contributed by atoms with Crippen molar-refractivity contribution in [2.75, 3.05) is 5.32 Å². The van der Waals surface area contributed by atoms with Crippen molar-refractivity contribution in [3.8, 4) is 11.1 Å². The standard InChI is InChI=1S/C24H19Cl2NO4/c1-12-9-20(26)22(19-11-15-10-16(25)5-8-18(15)21(12)19)13(2)31-24(30)27-17-6-3-14(4-7-17)23(28)29/h3-10,13H,11H2,1-2H3,(H,27,30)(H,28,29). The number of carbonyl (C=O) groups excluding carboxylic acids is 1. The summed E-state index contributed by atoms with van der Waals surface area (Å²) in [5.41, 5.74) is 6.76. The fourth-order valence-corrected chi connectivity index (χ4v) is 4.69. The summed E-state index contributed by atoms with van der Waals surface area (Å²) in [7, 11) is 0. The number of carbonyl (C=O) groups is 2. The largest absolute Gasteiger partial charge is 0.478 e. The van der Waals surface area contributed by atoms with Gasteiger partial charge in [0.1, 0.15) is 6.10 Å². The van der Waals surface area contributed by atoms with Crippen LogP contribution in [-0.4, -0.2) is 17.2 Å². The van der Waals surface area contributed by atoms with Crippen LogP contribution in [0.5, 0.6) is 0 Å². The maximum Gasteiger partial charge on any atom is 0.412 e. The molecule has 1 unspecified atom stereocenters. The summed E-state index contributed by atoms with van der Waals surface area (Å²) in [4.78, 5) is 23.4. The normalized spacial score (nSPS) is 12.6. The van der Waals surface area contributed by atoms with E-state index in [1.165, 1.54) is 24.3 Å². The highest BCUT2D eigenvalue weighted by atomic mass is 35.5. The number of hydrogen-bond donors (Lipinski definition) is 2. The van der Waals surface area contributed by atoms with Gasteiger partial charge >= 0.3 is 12.1 Å². The van der Waals surface area contributed by atoms with Crippen molar-refractivity contribution in [3.63, 3.8) is 0 Å². The Kier molecular flexibility index (Phi) is 5.65. The van der Waals surface area contributed by atoms with Gasteiger partial charge in [0.2, 0.25) is 0 Å². The molecule has 31 heavy (non-hydrogen) atoms. The number of amides is 1. The third-order valence-corrected chi connectivity index (χ3v) is 5.94. The number of hydrogen-bond acceptors (Lipinski definition) is 3. The molecule has 3 aromatic rings. The second kappa shape index (κ2) is 8.25. The van der Waals surface area contributed by atoms with Gasteiger partial charge in [-0.05, 0) is 90.6 Å². The summed E-state index contributed by atoms with van der Waals surface area (Å²) >= 11 is 12.8. The lowest BCUT2D eigenvalue weighted by Crippen LogP contribution is -2.17. The molecule has 3 aromatic carbocycles. The molecule has 0 saturated carbocycles. The second-order valence-corrected chi connectivity index (χ2v) is 8.32. The molecule has 0 spiro atoms. The monoisotopic (exact) mass is 455 g/mol. The summed E-state index contributed by atoms with van der Waals surface area (Å²) in [5.74, 6) is -1.03. The lowest BCUT2D eigenvalue weighted by Gasteiger charge is -2.20. The Balaban J connectivity index is 1.57. The van der Waals surface area contributed by atoms with E-state index in [-0.39, 0.29) is 5.56 Å². The first kappa shape index (κ1) is 21.2. The van der Waals surface area contributed by atoms with Crippen LogP contribution in [0.3, 0.4) is 0 Å². The Bertz CT molecular complexity index is 1210. The zero-order chi connectivity index (χ0) is 22.3. The van der Waals surface area contributed by atoms with Crippen molar-refractivity contribution < 1.29 is 19.4 Å². The van der Waals surface area contributed by atoms with E-state index in [0.29, 0.717) is 22.2 Å². The van der Waals surface area contributed by atoms with Crippen molar-refractivity contribution in [2.24, 2.45) is 0 Å². The molecule has 1 aliphatic carbocycles. The van der Waals surface area contributed by atoms with Gasteiger partial charge < -0.3 is 9.84 Å². The van der Waals surface area contributed by atoms with E-state index < -0.39 is 18.2 Å². The lowest BCUT2D eigenvalue weighted by atomic mass is 9.94. The predicted molar refractivity (Wildman–Crippen MR) is 121 cm³/mol. The van der Waals surface area contributed by atoms with Gasteiger partial charge in [0.05, 0.1) is 5.56 Å². The molecule has 158 valence electrons. The molecule has 0 fully saturated rings. The van der Waals surface area contributed by atoms with E-state index in [1.807, 2.05) is 31.2 Å². The highest BCUT2D eigenvalue weighted by molar-refractivity contribution is 6.32. The van der Waals surface area contributed by atoms with Crippen LogP contribution in [0.1, 0.15) is 45.6 Å². The van der Waals surface area contributed by atoms with Crippen molar-refractivity contribution in [3.05, 3.63) is 86.4 Å². The van der Waals surface area contributed by atoms with E-state index >= 15 is 0 Å². The maximum atomic E-state index is 12.4.